The van der Waals surface area contributed by atoms with E-state index < -0.39 is 47.4 Å². The fourth-order valence-corrected chi connectivity index (χ4v) is 19.8. The molecule has 5 unspecified atom stereocenters. The average Bonchev–Trinajstić information content (AvgIpc) is 1.50. The third-order valence-corrected chi connectivity index (χ3v) is 27.9. The summed E-state index contributed by atoms with van der Waals surface area (Å²) >= 11 is 0. The number of likely N-dealkylation sites (N-methyl/N-ethyl adjacent to an activating group) is 3. The first-order valence-corrected chi connectivity index (χ1v) is 47.9. The minimum absolute atomic E-state index is 0.0173. The normalized spacial score (nSPS) is 19.9. The second kappa shape index (κ2) is 44.7. The molecule has 748 valence electrons. The fourth-order valence-electron chi connectivity index (χ4n) is 19.8. The quantitative estimate of drug-likeness (QED) is 0.0143. The van der Waals surface area contributed by atoms with E-state index in [-0.39, 0.29) is 142 Å². The van der Waals surface area contributed by atoms with Gasteiger partial charge in [0.1, 0.15) is 17.5 Å². The van der Waals surface area contributed by atoms with Crippen LogP contribution in [-0.4, -0.2) is 276 Å². The van der Waals surface area contributed by atoms with Crippen molar-refractivity contribution in [3.05, 3.63) is 228 Å². The van der Waals surface area contributed by atoms with Crippen LogP contribution in [0.4, 0.5) is 88.4 Å². The van der Waals surface area contributed by atoms with Gasteiger partial charge in [0.05, 0.1) is 97.9 Å². The van der Waals surface area contributed by atoms with Crippen LogP contribution in [0.5, 0.6) is 0 Å². The van der Waals surface area contributed by atoms with Crippen LogP contribution in [-0.2, 0) is 51.7 Å². The SMILES string of the molecule is C=CC(=C)N1CCCC(N(C)c2nc(-c3cnn(C(F)F)c3)c3c(c2F)CNC3=O)C1.C=CC(=C)N1CCCC(N(C)c2nc(-c3cnn(CCN4CCOCC4)c3)c3c(c2F)CNC3=O)C1.C=CC(=C)N1CCCC(Nc2nc(Nc3ccc(N4CCOCC4C)c(F)c3)c3c(c2F)CNC3=O)C1.C=CC(=O)N1CCCCC(N(C)c2nc(Nc3ccc(N4CCOCC4)cc3)c3c(c2F)CNC3=O)C1. The molecule has 7 saturated heterocycles. The molecule has 0 aliphatic carbocycles. The number of aromatic nitrogens is 8. The van der Waals surface area contributed by atoms with Crippen molar-refractivity contribution in [1.82, 2.24) is 85.3 Å². The van der Waals surface area contributed by atoms with Gasteiger partial charge in [0.25, 0.3) is 23.6 Å². The lowest BCUT2D eigenvalue weighted by molar-refractivity contribution is -0.126. The van der Waals surface area contributed by atoms with Crippen molar-refractivity contribution in [2.75, 3.05) is 193 Å². The van der Waals surface area contributed by atoms with Crippen LogP contribution in [0, 0.1) is 29.1 Å². The highest BCUT2D eigenvalue weighted by Gasteiger charge is 2.41. The molecule has 141 heavy (non-hydrogen) atoms. The van der Waals surface area contributed by atoms with Crippen molar-refractivity contribution in [2.24, 2.45) is 0 Å². The molecule has 0 saturated carbocycles. The predicted molar refractivity (Wildman–Crippen MR) is 528 cm³/mol. The number of ether oxygens (including phenoxy) is 3. The number of nitrogens with zero attached hydrogens (tertiary/aromatic N) is 18. The summed E-state index contributed by atoms with van der Waals surface area (Å²) in [5.41, 5.74) is 8.66. The Kier molecular flexibility index (Phi) is 31.8. The van der Waals surface area contributed by atoms with Gasteiger partial charge in [-0.3, -0.25) is 33.6 Å². The summed E-state index contributed by atoms with van der Waals surface area (Å²) in [6.07, 6.45) is 20.4. The Morgan fingerprint density at radius 2 is 0.957 bits per heavy atom. The molecule has 19 rings (SSSR count). The number of amides is 5. The molecule has 11 aliphatic rings. The molecule has 6 aromatic heterocycles. The molecular formula is C101H122F7N25O8. The number of alkyl halides is 2. The van der Waals surface area contributed by atoms with Gasteiger partial charge in [0, 0.05) is 249 Å². The summed E-state index contributed by atoms with van der Waals surface area (Å²) in [5, 5.41) is 28.4. The number of hydrogen-bond acceptors (Lipinski definition) is 26. The zero-order chi connectivity index (χ0) is 99.6. The number of hydrogen-bond donors (Lipinski definition) is 7. The number of rotatable bonds is 27. The molecule has 5 amide bonds. The molecule has 7 N–H and O–H groups in total. The summed E-state index contributed by atoms with van der Waals surface area (Å²) in [6.45, 7) is 41.9. The van der Waals surface area contributed by atoms with Crippen molar-refractivity contribution >= 4 is 87.2 Å². The molecule has 0 radical (unpaired) electrons. The summed E-state index contributed by atoms with van der Waals surface area (Å²) in [5.74, 6) is -3.08. The predicted octanol–water partition coefficient (Wildman–Crippen LogP) is 12.8. The number of nitrogens with one attached hydrogen (secondary N) is 7. The van der Waals surface area contributed by atoms with E-state index in [9.17, 15) is 32.8 Å². The van der Waals surface area contributed by atoms with E-state index in [2.05, 4.69) is 133 Å². The average molecular weight is 1950 g/mol. The summed E-state index contributed by atoms with van der Waals surface area (Å²) in [6, 6.07) is 12.6. The van der Waals surface area contributed by atoms with Crippen LogP contribution < -0.4 is 61.7 Å². The standard InChI is InChI=1S/C27H32F2N6O2.C27H33FN6O3.C26H34FN7O2.C21H23F3N6O/c1-4-16(2)34-9-5-6-19(14-34)32-26-24(29)20-13-30-27(36)23(20)25(33-26)31-18-7-8-22(21(28)12-18)35-10-11-37-15-17(35)3;1-3-22(35)34-11-5-4-6-20(17-34)32(2)26-24(28)21-16-29-27(36)23(21)25(31-26)30-18-7-9-19(10-8-18)33-12-14-37-15-13-33;1-4-18(2)33-7-5-6-20(17-33)31(3)25-23(27)21-15-28-26(35)22(21)24(30-25)19-14-29-34(16-19)9-8-32-10-12-36-13-11-32;1-4-12(2)29-7-5-6-14(11-29)28(3)19-17(22)15-9-25-20(31)16(15)18(27-19)13-8-26-30(10-13)21(23)24/h4,7-8,12,17,19H,1-2,5-6,9-11,13-15H2,3H3,(H,30,36)(H2,31,32,33);3,7-10,20H,1,4-6,11-17H2,2H3,(H,29,36)(H,30,31);4,14,16,20H,1-2,5-13,15,17H2,3H3,(H,28,35);4,8,10,14,21H,1-2,5-7,9,11H2,3H3,(H,25,31). The molecule has 7 fully saturated rings. The number of allylic oxidation sites excluding steroid dienone is 3. The Bertz CT molecular complexity index is 6060. The summed E-state index contributed by atoms with van der Waals surface area (Å²) in [4.78, 5) is 101. The number of anilines is 10. The number of likely N-dealkylation sites (tertiary alicyclic amines) is 4. The van der Waals surface area contributed by atoms with Crippen LogP contribution in [0.15, 0.2) is 155 Å². The molecule has 0 spiro atoms. The number of benzene rings is 2. The number of halogens is 7. The van der Waals surface area contributed by atoms with Crippen LogP contribution >= 0.6 is 0 Å². The van der Waals surface area contributed by atoms with Gasteiger partial charge >= 0.3 is 6.55 Å². The highest BCUT2D eigenvalue weighted by molar-refractivity contribution is 6.06. The zero-order valence-electron chi connectivity index (χ0n) is 80.1. The third kappa shape index (κ3) is 22.2. The van der Waals surface area contributed by atoms with Gasteiger partial charge in [0.2, 0.25) is 5.91 Å². The van der Waals surface area contributed by atoms with Gasteiger partial charge in [-0.2, -0.15) is 19.0 Å². The molecule has 8 aromatic rings. The fraction of sp³-hybridized carbons (Fsp3) is 0.436. The lowest BCUT2D eigenvalue weighted by Gasteiger charge is -2.39. The summed E-state index contributed by atoms with van der Waals surface area (Å²) in [7, 11) is 5.43. The van der Waals surface area contributed by atoms with E-state index in [1.165, 1.54) is 18.3 Å². The maximum atomic E-state index is 15.7. The van der Waals surface area contributed by atoms with Crippen molar-refractivity contribution in [1.29, 1.82) is 0 Å². The van der Waals surface area contributed by atoms with Crippen molar-refractivity contribution in [3.63, 3.8) is 0 Å². The van der Waals surface area contributed by atoms with E-state index in [1.54, 1.807) is 65.4 Å². The molecular weight excluding hydrogens is 1820 g/mol. The molecule has 11 aliphatic heterocycles. The number of piperidine rings is 3. The maximum Gasteiger partial charge on any atom is 0.333 e. The summed E-state index contributed by atoms with van der Waals surface area (Å²) < 4.78 is 122. The van der Waals surface area contributed by atoms with Gasteiger partial charge in [-0.1, -0.05) is 46.1 Å². The van der Waals surface area contributed by atoms with Gasteiger partial charge in [-0.15, -0.1) is 0 Å². The van der Waals surface area contributed by atoms with Gasteiger partial charge in [-0.05, 0) is 131 Å². The van der Waals surface area contributed by atoms with Crippen molar-refractivity contribution in [2.45, 2.75) is 134 Å². The van der Waals surface area contributed by atoms with E-state index in [1.807, 2.05) is 58.9 Å². The first-order valence-electron chi connectivity index (χ1n) is 47.9. The highest BCUT2D eigenvalue weighted by atomic mass is 19.3. The van der Waals surface area contributed by atoms with E-state index in [0.717, 1.165) is 158 Å². The topological polar surface area (TPSA) is 317 Å². The van der Waals surface area contributed by atoms with Gasteiger partial charge in [0.15, 0.2) is 46.5 Å². The molecule has 40 heteroatoms. The third-order valence-electron chi connectivity index (χ3n) is 27.9. The molecule has 17 heterocycles. The Labute approximate surface area is 815 Å². The Hall–Kier alpha value is -13.9. The number of carbonyl (C=O) groups is 5. The van der Waals surface area contributed by atoms with E-state index in [4.69, 9.17) is 19.2 Å². The van der Waals surface area contributed by atoms with Gasteiger partial charge in [-0.25, -0.2) is 46.6 Å². The molecule has 0 bridgehead atoms. The molecule has 33 nitrogen and oxygen atoms in total. The number of pyridine rings is 4. The van der Waals surface area contributed by atoms with E-state index in [0.29, 0.717) is 122 Å². The van der Waals surface area contributed by atoms with Crippen LogP contribution in [0.1, 0.15) is 135 Å². The Morgan fingerprint density at radius 3 is 1.49 bits per heavy atom. The van der Waals surface area contributed by atoms with Crippen LogP contribution in [0.25, 0.3) is 22.5 Å². The second-order valence-corrected chi connectivity index (χ2v) is 36.6. The Balaban J connectivity index is 0.000000136. The number of fused-ring (bicyclic) bond motifs is 4. The highest BCUT2D eigenvalue weighted by Crippen LogP contribution is 2.42. The molecule has 5 atom stereocenters. The number of morpholine rings is 3. The monoisotopic (exact) mass is 1950 g/mol. The molecule has 2 aromatic carbocycles. The minimum atomic E-state index is -2.83. The largest absolute Gasteiger partial charge is 0.379 e. The number of carbonyl (C=O) groups excluding carboxylic acids is 5. The van der Waals surface area contributed by atoms with Crippen molar-refractivity contribution in [3.8, 4) is 22.5 Å². The van der Waals surface area contributed by atoms with Crippen molar-refractivity contribution < 1.29 is 68.9 Å². The lowest BCUT2D eigenvalue weighted by Crippen LogP contribution is -2.46. The Morgan fingerprint density at radius 1 is 0.496 bits per heavy atom. The van der Waals surface area contributed by atoms with Crippen LogP contribution in [0.2, 0.25) is 0 Å². The van der Waals surface area contributed by atoms with Gasteiger partial charge < -0.3 is 95.5 Å². The smallest absolute Gasteiger partial charge is 0.333 e. The second-order valence-electron chi connectivity index (χ2n) is 36.6. The lowest BCUT2D eigenvalue weighted by atomic mass is 10.0. The van der Waals surface area contributed by atoms with Crippen LogP contribution in [0.3, 0.4) is 0 Å². The van der Waals surface area contributed by atoms with E-state index >= 15 is 22.0 Å². The first kappa shape index (κ1) is 100. The maximum absolute atomic E-state index is 15.7. The minimum Gasteiger partial charge on any atom is -0.379 e. The zero-order valence-corrected chi connectivity index (χ0v) is 80.1. The first-order chi connectivity index (χ1) is 68.1.